The maximum absolute atomic E-state index is 13.2. The van der Waals surface area contributed by atoms with Crippen molar-refractivity contribution in [3.05, 3.63) is 47.3 Å². The van der Waals surface area contributed by atoms with E-state index in [1.54, 1.807) is 4.90 Å². The molecule has 1 heterocycles. The Balaban J connectivity index is 0.00000155. The Morgan fingerprint density at radius 3 is 2.63 bits per heavy atom. The Hall–Kier alpha value is -1.52. The lowest BCUT2D eigenvalue weighted by atomic mass is 9.60. The molecule has 1 fully saturated rings. The molecule has 7 heteroatoms. The van der Waals surface area contributed by atoms with E-state index in [2.05, 4.69) is 38.9 Å². The van der Waals surface area contributed by atoms with Crippen LogP contribution in [0.2, 0.25) is 0 Å². The van der Waals surface area contributed by atoms with Gasteiger partial charge in [0.05, 0.1) is 11.7 Å². The summed E-state index contributed by atoms with van der Waals surface area (Å²) in [4.78, 5) is 27.4. The van der Waals surface area contributed by atoms with E-state index in [1.165, 1.54) is 0 Å². The van der Waals surface area contributed by atoms with Crippen molar-refractivity contribution in [1.82, 2.24) is 4.90 Å². The van der Waals surface area contributed by atoms with Crippen molar-refractivity contribution in [2.75, 3.05) is 13.1 Å². The molecule has 0 saturated heterocycles. The fourth-order valence-electron chi connectivity index (χ4n) is 4.48. The summed E-state index contributed by atoms with van der Waals surface area (Å²) < 4.78 is 5.51. The van der Waals surface area contributed by atoms with Crippen molar-refractivity contribution >= 4 is 32.6 Å². The summed E-state index contributed by atoms with van der Waals surface area (Å²) in [5.74, 6) is -0.00127. The number of allylic oxidation sites excluding steroid dienone is 5. The summed E-state index contributed by atoms with van der Waals surface area (Å²) in [6.45, 7) is 8.47. The maximum atomic E-state index is 13.2. The number of aliphatic hydroxyl groups excluding tert-OH is 1. The highest BCUT2D eigenvalue weighted by Gasteiger charge is 2.48. The second-order valence-electron chi connectivity index (χ2n) is 9.20. The first-order chi connectivity index (χ1) is 14.1. The van der Waals surface area contributed by atoms with E-state index in [9.17, 15) is 14.7 Å². The molecule has 1 aliphatic heterocycles. The van der Waals surface area contributed by atoms with Crippen LogP contribution in [0.1, 0.15) is 53.4 Å². The largest absolute Gasteiger partial charge is 0.515 e. The minimum atomic E-state index is -0.689. The fraction of sp³-hybridized carbons (Fsp3) is 0.565. The molecule has 0 spiro atoms. The van der Waals surface area contributed by atoms with E-state index < -0.39 is 11.0 Å². The van der Waals surface area contributed by atoms with Crippen molar-refractivity contribution in [2.45, 2.75) is 59.0 Å². The van der Waals surface area contributed by atoms with E-state index in [-0.39, 0.29) is 17.8 Å². The summed E-state index contributed by atoms with van der Waals surface area (Å²) in [7, 11) is 2.11. The second-order valence-corrected chi connectivity index (χ2v) is 9.20. The van der Waals surface area contributed by atoms with Crippen LogP contribution in [-0.2, 0) is 9.53 Å². The Labute approximate surface area is 187 Å². The van der Waals surface area contributed by atoms with Crippen LogP contribution in [0.25, 0.3) is 0 Å². The first-order valence-electron chi connectivity index (χ1n) is 10.3. The highest BCUT2D eigenvalue weighted by molar-refractivity contribution is 8.31. The average molecular weight is 452 g/mol. The Morgan fingerprint density at radius 1 is 1.37 bits per heavy atom. The summed E-state index contributed by atoms with van der Waals surface area (Å²) in [5, 5.41) is 9.68. The smallest absolute Gasteiger partial charge is 0.410 e. The molecule has 2 unspecified atom stereocenters. The van der Waals surface area contributed by atoms with E-state index in [0.29, 0.717) is 31.5 Å². The molecule has 0 aromatic heterocycles. The number of Topliss-reactive ketones (excluding diaryl/α,β-unsaturated/α-hetero) is 1. The monoisotopic (exact) mass is 451 g/mol. The highest BCUT2D eigenvalue weighted by Crippen LogP contribution is 2.49. The van der Waals surface area contributed by atoms with Crippen LogP contribution in [0.4, 0.5) is 4.79 Å². The van der Waals surface area contributed by atoms with Gasteiger partial charge in [-0.15, -0.1) is 0 Å². The van der Waals surface area contributed by atoms with E-state index in [4.69, 9.17) is 4.74 Å². The van der Waals surface area contributed by atoms with Gasteiger partial charge in [0.25, 0.3) is 0 Å². The van der Waals surface area contributed by atoms with Crippen molar-refractivity contribution in [1.29, 1.82) is 0 Å². The van der Waals surface area contributed by atoms with Crippen LogP contribution in [0, 0.1) is 11.3 Å². The Morgan fingerprint density at radius 2 is 2.07 bits per heavy atom. The Bertz CT molecular complexity index is 794. The van der Waals surface area contributed by atoms with Crippen LogP contribution in [0.5, 0.6) is 0 Å². The lowest BCUT2D eigenvalue weighted by Gasteiger charge is -2.45. The molecule has 0 radical (unpaired) electrons. The van der Waals surface area contributed by atoms with Gasteiger partial charge in [-0.1, -0.05) is 43.9 Å². The highest BCUT2D eigenvalue weighted by atomic mass is 32.7. The van der Waals surface area contributed by atoms with Crippen molar-refractivity contribution in [2.24, 2.45) is 11.3 Å². The summed E-state index contributed by atoms with van der Waals surface area (Å²) in [5.41, 5.74) is 1.45. The zero-order valence-electron chi connectivity index (χ0n) is 18.4. The zero-order valence-corrected chi connectivity index (χ0v) is 20.4. The first-order valence-corrected chi connectivity index (χ1v) is 12.4. The van der Waals surface area contributed by atoms with Crippen LogP contribution < -0.4 is 0 Å². The fourth-order valence-corrected chi connectivity index (χ4v) is 4.48. The third kappa shape index (κ3) is 5.59. The van der Waals surface area contributed by atoms with Gasteiger partial charge in [-0.05, 0) is 53.4 Å². The Kier molecular flexibility index (Phi) is 8.41. The molecule has 166 valence electrons. The molecular formula is C23H34NO4PS. The van der Waals surface area contributed by atoms with Crippen molar-refractivity contribution in [3.63, 3.8) is 0 Å². The number of aliphatic hydroxyl groups is 1. The number of ketones is 1. The normalized spacial score (nSPS) is 27.5. The van der Waals surface area contributed by atoms with Crippen LogP contribution in [-0.4, -0.2) is 40.6 Å². The molecule has 1 amide bonds. The van der Waals surface area contributed by atoms with Gasteiger partial charge < -0.3 is 14.7 Å². The number of fused-ring (bicyclic) bond motifs is 1. The SMILES string of the molecule is CC(C)(C)OC(=O)N1CC=C2C(C/C(=C/O)C(=O)[C@@]2(C)CC2=CCCC=C2)C1.PS. The topological polar surface area (TPSA) is 66.8 Å². The molecular weight excluding hydrogens is 417 g/mol. The summed E-state index contributed by atoms with van der Waals surface area (Å²) in [6, 6.07) is 0. The van der Waals surface area contributed by atoms with E-state index in [0.717, 1.165) is 30.2 Å². The molecule has 3 atom stereocenters. The number of hydrogen-bond donors (Lipinski definition) is 2. The van der Waals surface area contributed by atoms with Crippen LogP contribution >= 0.6 is 20.7 Å². The molecule has 3 aliphatic rings. The van der Waals surface area contributed by atoms with Gasteiger partial charge in [-0.3, -0.25) is 4.79 Å². The van der Waals surface area contributed by atoms with Gasteiger partial charge >= 0.3 is 6.09 Å². The molecule has 30 heavy (non-hydrogen) atoms. The van der Waals surface area contributed by atoms with Gasteiger partial charge in [-0.25, -0.2) is 4.79 Å². The van der Waals surface area contributed by atoms with Crippen LogP contribution in [0.15, 0.2) is 47.3 Å². The third-order valence-corrected chi connectivity index (χ3v) is 5.75. The molecule has 0 aromatic rings. The summed E-state index contributed by atoms with van der Waals surface area (Å²) >= 11 is 3.44. The number of carbonyl (C=O) groups is 2. The minimum absolute atomic E-state index is 0.00976. The number of thiol groups is 1. The van der Waals surface area contributed by atoms with Gasteiger partial charge in [0.1, 0.15) is 5.60 Å². The zero-order chi connectivity index (χ0) is 22.5. The number of carbonyl (C=O) groups excluding carboxylic acids is 2. The number of amides is 1. The number of hydrogen-bond acceptors (Lipinski definition) is 5. The van der Waals surface area contributed by atoms with Gasteiger partial charge in [0.15, 0.2) is 5.78 Å². The molecule has 0 aromatic carbocycles. The number of ether oxygens (including phenoxy) is 1. The van der Waals surface area contributed by atoms with Gasteiger partial charge in [0, 0.05) is 24.6 Å². The second kappa shape index (κ2) is 10.2. The summed E-state index contributed by atoms with van der Waals surface area (Å²) in [6.07, 6.45) is 12.2. The lowest BCUT2D eigenvalue weighted by molar-refractivity contribution is -0.124. The van der Waals surface area contributed by atoms with E-state index >= 15 is 0 Å². The molecule has 0 bridgehead atoms. The van der Waals surface area contributed by atoms with E-state index in [1.807, 2.05) is 33.8 Å². The predicted molar refractivity (Wildman–Crippen MR) is 128 cm³/mol. The van der Waals surface area contributed by atoms with Gasteiger partial charge in [0.2, 0.25) is 0 Å². The minimum Gasteiger partial charge on any atom is -0.515 e. The lowest BCUT2D eigenvalue weighted by Crippen LogP contribution is -2.49. The van der Waals surface area contributed by atoms with Crippen molar-refractivity contribution < 1.29 is 19.4 Å². The molecule has 3 rings (SSSR count). The molecule has 1 saturated carbocycles. The van der Waals surface area contributed by atoms with Crippen molar-refractivity contribution in [3.8, 4) is 0 Å². The predicted octanol–water partition coefficient (Wildman–Crippen LogP) is 5.57. The molecule has 2 aliphatic carbocycles. The molecule has 1 N–H and O–H groups in total. The number of rotatable bonds is 2. The quantitative estimate of drug-likeness (QED) is 0.189. The first kappa shape index (κ1) is 24.7. The number of nitrogens with zero attached hydrogens (tertiary/aromatic N) is 1. The maximum Gasteiger partial charge on any atom is 0.410 e. The standard InChI is InChI=1S/C23H31NO4.H3PS/c1-22(2,3)28-21(27)24-11-10-19-17(14-24)12-18(15-25)20(26)23(19,4)13-16-8-6-5-7-9-16;1-2/h6,8-10,15,17,25H,5,7,11-14H2,1-4H3;2H,1H2/b18-15-;/t17?,23-;/m0./s1. The van der Waals surface area contributed by atoms with Crippen LogP contribution in [0.3, 0.4) is 0 Å². The van der Waals surface area contributed by atoms with Gasteiger partial charge in [-0.2, -0.15) is 12.2 Å². The average Bonchev–Trinajstić information content (AvgIpc) is 2.71. The molecule has 5 nitrogen and oxygen atoms in total. The third-order valence-electron chi connectivity index (χ3n) is 5.75.